The quantitative estimate of drug-likeness (QED) is 0.453. The fraction of sp³-hybridized carbons (Fsp3) is 0.714. The fourth-order valence-electron chi connectivity index (χ4n) is 0.978. The van der Waals surface area contributed by atoms with Crippen molar-refractivity contribution in [3.8, 4) is 0 Å². The molecular formula is C7H12N2O2. The first-order valence-electron chi connectivity index (χ1n) is 3.57. The highest BCUT2D eigenvalue weighted by Gasteiger charge is 2.35. The molecule has 0 aromatic heterocycles. The van der Waals surface area contributed by atoms with Gasteiger partial charge in [0.2, 0.25) is 0 Å². The number of aliphatic hydroxyl groups is 1. The molecule has 0 aromatic carbocycles. The van der Waals surface area contributed by atoms with Gasteiger partial charge >= 0.3 is 6.02 Å². The summed E-state index contributed by atoms with van der Waals surface area (Å²) in [6, 6.07) is -0.217. The lowest BCUT2D eigenvalue weighted by atomic mass is 9.81. The normalized spacial score (nSPS) is 20.1. The Morgan fingerprint density at radius 3 is 2.73 bits per heavy atom. The van der Waals surface area contributed by atoms with Crippen LogP contribution in [0.25, 0.3) is 0 Å². The van der Waals surface area contributed by atoms with E-state index in [1.807, 2.05) is 0 Å². The van der Waals surface area contributed by atoms with Gasteiger partial charge in [0.1, 0.15) is 6.61 Å². The second kappa shape index (κ2) is 3.00. The zero-order chi connectivity index (χ0) is 8.32. The minimum absolute atomic E-state index is 0.171. The third-order valence-corrected chi connectivity index (χ3v) is 1.91. The predicted octanol–water partition coefficient (Wildman–Crippen LogP) is 0.553. The second-order valence-electron chi connectivity index (χ2n) is 2.83. The lowest BCUT2D eigenvalue weighted by molar-refractivity contribution is -0.0702. The van der Waals surface area contributed by atoms with Crippen molar-refractivity contribution in [3.63, 3.8) is 0 Å². The van der Waals surface area contributed by atoms with Crippen LogP contribution < -0.4 is 0 Å². The molecule has 62 valence electrons. The van der Waals surface area contributed by atoms with Crippen LogP contribution in [-0.2, 0) is 4.74 Å². The second-order valence-corrected chi connectivity index (χ2v) is 2.83. The zero-order valence-electron chi connectivity index (χ0n) is 6.34. The Labute approximate surface area is 65.4 Å². The summed E-state index contributed by atoms with van der Waals surface area (Å²) in [6.07, 6.45) is 2.56. The van der Waals surface area contributed by atoms with E-state index in [1.54, 1.807) is 0 Å². The van der Waals surface area contributed by atoms with Gasteiger partial charge in [0.05, 0.1) is 5.60 Å². The van der Waals surface area contributed by atoms with Gasteiger partial charge in [-0.05, 0) is 26.0 Å². The van der Waals surface area contributed by atoms with Crippen molar-refractivity contribution in [1.29, 1.82) is 5.41 Å². The average Bonchev–Trinajstić information content (AvgIpc) is 1.96. The minimum Gasteiger partial charge on any atom is -0.461 e. The van der Waals surface area contributed by atoms with E-state index in [4.69, 9.17) is 10.1 Å². The summed E-state index contributed by atoms with van der Waals surface area (Å²) >= 11 is 0. The first-order chi connectivity index (χ1) is 5.16. The molecule has 0 saturated heterocycles. The molecule has 1 aliphatic carbocycles. The van der Waals surface area contributed by atoms with E-state index in [0.717, 1.165) is 19.3 Å². The molecular weight excluding hydrogens is 144 g/mol. The molecule has 1 fully saturated rings. The van der Waals surface area contributed by atoms with Crippen molar-refractivity contribution in [2.75, 3.05) is 6.61 Å². The third kappa shape index (κ3) is 2.01. The Hall–Kier alpha value is -0.900. The summed E-state index contributed by atoms with van der Waals surface area (Å²) in [5.74, 6) is 0. The molecule has 0 amide bonds. The van der Waals surface area contributed by atoms with Crippen LogP contribution >= 0.6 is 0 Å². The van der Waals surface area contributed by atoms with Crippen molar-refractivity contribution < 1.29 is 9.84 Å². The van der Waals surface area contributed by atoms with E-state index in [-0.39, 0.29) is 12.6 Å². The third-order valence-electron chi connectivity index (χ3n) is 1.91. The van der Waals surface area contributed by atoms with Crippen LogP contribution in [-0.4, -0.2) is 30.1 Å². The molecule has 4 heteroatoms. The summed E-state index contributed by atoms with van der Waals surface area (Å²) in [4.78, 5) is 3.25. The highest BCUT2D eigenvalue weighted by molar-refractivity contribution is 5.75. The predicted molar refractivity (Wildman–Crippen MR) is 42.0 cm³/mol. The van der Waals surface area contributed by atoms with Gasteiger partial charge < -0.3 is 9.84 Å². The molecule has 0 unspecified atom stereocenters. The van der Waals surface area contributed by atoms with E-state index in [9.17, 15) is 5.11 Å². The highest BCUT2D eigenvalue weighted by atomic mass is 16.5. The number of rotatable bonds is 2. The van der Waals surface area contributed by atoms with Gasteiger partial charge in [-0.1, -0.05) is 0 Å². The summed E-state index contributed by atoms with van der Waals surface area (Å²) < 4.78 is 4.80. The van der Waals surface area contributed by atoms with Gasteiger partial charge in [-0.2, -0.15) is 0 Å². The molecule has 1 aliphatic rings. The lowest BCUT2D eigenvalue weighted by Crippen LogP contribution is -2.41. The molecule has 0 aliphatic heterocycles. The van der Waals surface area contributed by atoms with Gasteiger partial charge in [-0.3, -0.25) is 0 Å². The van der Waals surface area contributed by atoms with Crippen molar-refractivity contribution >= 4 is 12.7 Å². The maximum absolute atomic E-state index is 9.47. The largest absolute Gasteiger partial charge is 0.461 e. The molecule has 0 bridgehead atoms. The number of ether oxygens (including phenoxy) is 1. The number of hydrogen-bond donors (Lipinski definition) is 2. The van der Waals surface area contributed by atoms with Crippen LogP contribution in [0.2, 0.25) is 0 Å². The van der Waals surface area contributed by atoms with Gasteiger partial charge in [0.25, 0.3) is 0 Å². The monoisotopic (exact) mass is 156 g/mol. The molecule has 0 atom stereocenters. The number of nitrogens with one attached hydrogen (secondary N) is 1. The first kappa shape index (κ1) is 8.20. The van der Waals surface area contributed by atoms with Crippen LogP contribution in [0.1, 0.15) is 19.3 Å². The maximum atomic E-state index is 9.47. The van der Waals surface area contributed by atoms with Crippen LogP contribution in [0.3, 0.4) is 0 Å². The molecule has 0 spiro atoms. The summed E-state index contributed by atoms with van der Waals surface area (Å²) in [5, 5.41) is 16.4. The van der Waals surface area contributed by atoms with E-state index in [2.05, 4.69) is 11.7 Å². The molecule has 0 heterocycles. The standard InChI is InChI=1S/C7H12N2O2/c1-9-6(8)11-5-7(10)3-2-4-7/h8,10H,1-5H2. The molecule has 0 radical (unpaired) electrons. The van der Waals surface area contributed by atoms with Crippen molar-refractivity contribution in [2.45, 2.75) is 24.9 Å². The molecule has 1 saturated carbocycles. The minimum atomic E-state index is -0.697. The SMILES string of the molecule is C=NC(=N)OCC1(O)CCC1. The van der Waals surface area contributed by atoms with Gasteiger partial charge in [0.15, 0.2) is 0 Å². The Morgan fingerprint density at radius 2 is 2.36 bits per heavy atom. The van der Waals surface area contributed by atoms with Crippen LogP contribution in [0.4, 0.5) is 0 Å². The van der Waals surface area contributed by atoms with E-state index < -0.39 is 5.60 Å². The smallest absolute Gasteiger partial charge is 0.308 e. The summed E-state index contributed by atoms with van der Waals surface area (Å²) in [6.45, 7) is 3.30. The summed E-state index contributed by atoms with van der Waals surface area (Å²) in [7, 11) is 0. The van der Waals surface area contributed by atoms with Gasteiger partial charge in [0, 0.05) is 0 Å². The van der Waals surface area contributed by atoms with E-state index in [0.29, 0.717) is 0 Å². The molecule has 0 aromatic rings. The van der Waals surface area contributed by atoms with Crippen molar-refractivity contribution in [1.82, 2.24) is 0 Å². The average molecular weight is 156 g/mol. The zero-order valence-corrected chi connectivity index (χ0v) is 6.34. The Balaban J connectivity index is 2.21. The highest BCUT2D eigenvalue weighted by Crippen LogP contribution is 2.31. The topological polar surface area (TPSA) is 65.7 Å². The van der Waals surface area contributed by atoms with Crippen LogP contribution in [0.5, 0.6) is 0 Å². The van der Waals surface area contributed by atoms with Crippen LogP contribution in [0, 0.1) is 5.41 Å². The van der Waals surface area contributed by atoms with Gasteiger partial charge in [-0.15, -0.1) is 0 Å². The fourth-order valence-corrected chi connectivity index (χ4v) is 0.978. The van der Waals surface area contributed by atoms with Gasteiger partial charge in [-0.25, -0.2) is 10.4 Å². The molecule has 1 rings (SSSR count). The molecule has 11 heavy (non-hydrogen) atoms. The van der Waals surface area contributed by atoms with Crippen LogP contribution in [0.15, 0.2) is 4.99 Å². The number of hydrogen-bond acceptors (Lipinski definition) is 3. The van der Waals surface area contributed by atoms with Crippen molar-refractivity contribution in [3.05, 3.63) is 0 Å². The number of amidine groups is 1. The lowest BCUT2D eigenvalue weighted by Gasteiger charge is -2.35. The number of nitrogens with zero attached hydrogens (tertiary/aromatic N) is 1. The van der Waals surface area contributed by atoms with E-state index in [1.165, 1.54) is 0 Å². The molecule has 4 nitrogen and oxygen atoms in total. The molecule has 2 N–H and O–H groups in total. The van der Waals surface area contributed by atoms with Crippen molar-refractivity contribution in [2.24, 2.45) is 4.99 Å². The van der Waals surface area contributed by atoms with E-state index >= 15 is 0 Å². The Bertz CT molecular complexity index is 175. The number of aliphatic imine (C=N–C) groups is 1. The first-order valence-corrected chi connectivity index (χ1v) is 3.57. The Kier molecular flexibility index (Phi) is 2.24. The summed E-state index contributed by atoms with van der Waals surface area (Å²) in [5.41, 5.74) is -0.697. The maximum Gasteiger partial charge on any atom is 0.308 e. The Morgan fingerprint density at radius 1 is 1.73 bits per heavy atom.